The largest absolute Gasteiger partial charge is 0.349 e. The molecule has 2 nitrogen and oxygen atoms in total. The maximum atomic E-state index is 12.2. The second-order valence-corrected chi connectivity index (χ2v) is 5.20. The SMILES string of the molecule is CCCCC(CCC)NC(=O)c1cccc(CCl)c1. The Bertz CT molecular complexity index is 392. The first kappa shape index (κ1) is 16.0. The summed E-state index contributed by atoms with van der Waals surface area (Å²) in [7, 11) is 0. The van der Waals surface area contributed by atoms with E-state index < -0.39 is 0 Å². The van der Waals surface area contributed by atoms with Crippen LogP contribution in [0.15, 0.2) is 24.3 Å². The number of alkyl halides is 1. The molecule has 1 aromatic rings. The fourth-order valence-corrected chi connectivity index (χ4v) is 2.32. The lowest BCUT2D eigenvalue weighted by Crippen LogP contribution is -2.34. The molecule has 106 valence electrons. The van der Waals surface area contributed by atoms with Gasteiger partial charge in [0.05, 0.1) is 0 Å². The molecule has 1 rings (SSSR count). The smallest absolute Gasteiger partial charge is 0.251 e. The zero-order valence-electron chi connectivity index (χ0n) is 11.9. The van der Waals surface area contributed by atoms with Crippen LogP contribution in [-0.4, -0.2) is 11.9 Å². The van der Waals surface area contributed by atoms with Crippen molar-refractivity contribution < 1.29 is 4.79 Å². The second kappa shape index (κ2) is 8.98. The number of halogens is 1. The Morgan fingerprint density at radius 1 is 1.26 bits per heavy atom. The summed E-state index contributed by atoms with van der Waals surface area (Å²) in [5.41, 5.74) is 1.69. The molecule has 0 saturated heterocycles. The fourth-order valence-electron chi connectivity index (χ4n) is 2.15. The van der Waals surface area contributed by atoms with Crippen molar-refractivity contribution in [3.8, 4) is 0 Å². The van der Waals surface area contributed by atoms with Gasteiger partial charge in [0.2, 0.25) is 0 Å². The number of carbonyl (C=O) groups is 1. The third-order valence-electron chi connectivity index (χ3n) is 3.22. The molecule has 19 heavy (non-hydrogen) atoms. The molecule has 1 atom stereocenters. The summed E-state index contributed by atoms with van der Waals surface area (Å²) in [6.07, 6.45) is 5.52. The Balaban J connectivity index is 2.64. The molecule has 1 unspecified atom stereocenters. The summed E-state index contributed by atoms with van der Waals surface area (Å²) < 4.78 is 0. The van der Waals surface area contributed by atoms with Crippen LogP contribution in [0, 0.1) is 0 Å². The van der Waals surface area contributed by atoms with Gasteiger partial charge >= 0.3 is 0 Å². The average Bonchev–Trinajstić information content (AvgIpc) is 2.45. The Kier molecular flexibility index (Phi) is 7.57. The monoisotopic (exact) mass is 281 g/mol. The number of hydrogen-bond donors (Lipinski definition) is 1. The van der Waals surface area contributed by atoms with Gasteiger partial charge in [-0.1, -0.05) is 45.2 Å². The first-order chi connectivity index (χ1) is 9.21. The predicted molar refractivity (Wildman–Crippen MR) is 81.7 cm³/mol. The molecular weight excluding hydrogens is 258 g/mol. The molecule has 0 fully saturated rings. The van der Waals surface area contributed by atoms with Gasteiger partial charge in [-0.05, 0) is 30.5 Å². The van der Waals surface area contributed by atoms with Gasteiger partial charge in [0.25, 0.3) is 5.91 Å². The zero-order valence-corrected chi connectivity index (χ0v) is 12.7. The van der Waals surface area contributed by atoms with Crippen LogP contribution in [0.2, 0.25) is 0 Å². The molecule has 0 aliphatic rings. The summed E-state index contributed by atoms with van der Waals surface area (Å²) in [6, 6.07) is 7.81. The molecule has 0 heterocycles. The highest BCUT2D eigenvalue weighted by molar-refractivity contribution is 6.17. The Morgan fingerprint density at radius 2 is 2.05 bits per heavy atom. The van der Waals surface area contributed by atoms with E-state index in [1.807, 2.05) is 24.3 Å². The molecule has 0 radical (unpaired) electrons. The van der Waals surface area contributed by atoms with Crippen molar-refractivity contribution in [2.45, 2.75) is 57.9 Å². The Morgan fingerprint density at radius 3 is 2.68 bits per heavy atom. The lowest BCUT2D eigenvalue weighted by atomic mass is 10.0. The minimum Gasteiger partial charge on any atom is -0.349 e. The van der Waals surface area contributed by atoms with Crippen molar-refractivity contribution in [1.82, 2.24) is 5.32 Å². The molecule has 0 bridgehead atoms. The minimum atomic E-state index is 0.0153. The lowest BCUT2D eigenvalue weighted by molar-refractivity contribution is 0.0932. The van der Waals surface area contributed by atoms with Crippen LogP contribution in [0.4, 0.5) is 0 Å². The molecule has 0 aromatic heterocycles. The van der Waals surface area contributed by atoms with Gasteiger partial charge in [-0.2, -0.15) is 0 Å². The lowest BCUT2D eigenvalue weighted by Gasteiger charge is -2.18. The molecule has 1 amide bonds. The van der Waals surface area contributed by atoms with E-state index in [2.05, 4.69) is 19.2 Å². The maximum Gasteiger partial charge on any atom is 0.251 e. The van der Waals surface area contributed by atoms with Gasteiger partial charge in [0.15, 0.2) is 0 Å². The van der Waals surface area contributed by atoms with Crippen molar-refractivity contribution in [3.63, 3.8) is 0 Å². The number of unbranched alkanes of at least 4 members (excludes halogenated alkanes) is 1. The summed E-state index contributed by atoms with van der Waals surface area (Å²) in [6.45, 7) is 4.33. The van der Waals surface area contributed by atoms with Gasteiger partial charge < -0.3 is 5.32 Å². The van der Waals surface area contributed by atoms with Gasteiger partial charge in [0, 0.05) is 17.5 Å². The van der Waals surface area contributed by atoms with Crippen LogP contribution in [0.3, 0.4) is 0 Å². The van der Waals surface area contributed by atoms with Crippen molar-refractivity contribution in [1.29, 1.82) is 0 Å². The summed E-state index contributed by atoms with van der Waals surface area (Å²) >= 11 is 5.80. The topological polar surface area (TPSA) is 29.1 Å². The summed E-state index contributed by atoms with van der Waals surface area (Å²) in [5, 5.41) is 3.14. The fraction of sp³-hybridized carbons (Fsp3) is 0.562. The van der Waals surface area contributed by atoms with Crippen LogP contribution >= 0.6 is 11.6 Å². The molecule has 1 aromatic carbocycles. The van der Waals surface area contributed by atoms with Crippen LogP contribution < -0.4 is 5.32 Å². The number of amides is 1. The van der Waals surface area contributed by atoms with E-state index in [9.17, 15) is 4.79 Å². The second-order valence-electron chi connectivity index (χ2n) is 4.94. The standard InChI is InChI=1S/C16H24ClNO/c1-3-5-10-15(7-4-2)18-16(19)14-9-6-8-13(11-14)12-17/h6,8-9,11,15H,3-5,7,10,12H2,1-2H3,(H,18,19). The highest BCUT2D eigenvalue weighted by Crippen LogP contribution is 2.11. The molecule has 0 spiro atoms. The van der Waals surface area contributed by atoms with Gasteiger partial charge in [0.1, 0.15) is 0 Å². The third-order valence-corrected chi connectivity index (χ3v) is 3.53. The van der Waals surface area contributed by atoms with Crippen LogP contribution in [-0.2, 0) is 5.88 Å². The van der Waals surface area contributed by atoms with E-state index in [0.29, 0.717) is 11.4 Å². The van der Waals surface area contributed by atoms with Crippen LogP contribution in [0.5, 0.6) is 0 Å². The first-order valence-corrected chi connectivity index (χ1v) is 7.70. The molecule has 3 heteroatoms. The van der Waals surface area contributed by atoms with Gasteiger partial charge in [-0.25, -0.2) is 0 Å². The number of carbonyl (C=O) groups excluding carboxylic acids is 1. The minimum absolute atomic E-state index is 0.0153. The molecule has 0 aliphatic heterocycles. The number of benzene rings is 1. The summed E-state index contributed by atoms with van der Waals surface area (Å²) in [4.78, 5) is 12.2. The van der Waals surface area contributed by atoms with E-state index in [4.69, 9.17) is 11.6 Å². The van der Waals surface area contributed by atoms with E-state index in [-0.39, 0.29) is 11.9 Å². The van der Waals surface area contributed by atoms with Crippen LogP contribution in [0.25, 0.3) is 0 Å². The molecular formula is C16H24ClNO. The van der Waals surface area contributed by atoms with E-state index in [1.165, 1.54) is 0 Å². The van der Waals surface area contributed by atoms with Crippen LogP contribution in [0.1, 0.15) is 61.9 Å². The Labute approximate surface area is 121 Å². The van der Waals surface area contributed by atoms with E-state index >= 15 is 0 Å². The number of rotatable bonds is 8. The van der Waals surface area contributed by atoms with Gasteiger partial charge in [-0.15, -0.1) is 11.6 Å². The van der Waals surface area contributed by atoms with Crippen molar-refractivity contribution in [2.75, 3.05) is 0 Å². The summed E-state index contributed by atoms with van der Waals surface area (Å²) in [5.74, 6) is 0.455. The molecule has 0 aliphatic carbocycles. The molecule has 0 saturated carbocycles. The highest BCUT2D eigenvalue weighted by Gasteiger charge is 2.12. The molecule has 1 N–H and O–H groups in total. The van der Waals surface area contributed by atoms with E-state index in [1.54, 1.807) is 0 Å². The Hall–Kier alpha value is -1.02. The number of nitrogens with one attached hydrogen (secondary N) is 1. The maximum absolute atomic E-state index is 12.2. The van der Waals surface area contributed by atoms with Gasteiger partial charge in [-0.3, -0.25) is 4.79 Å². The zero-order chi connectivity index (χ0) is 14.1. The predicted octanol–water partition coefficient (Wildman–Crippen LogP) is 4.51. The normalized spacial score (nSPS) is 12.2. The third kappa shape index (κ3) is 5.65. The van der Waals surface area contributed by atoms with E-state index in [0.717, 1.165) is 37.7 Å². The number of hydrogen-bond acceptors (Lipinski definition) is 1. The van der Waals surface area contributed by atoms with Crippen molar-refractivity contribution in [3.05, 3.63) is 35.4 Å². The van der Waals surface area contributed by atoms with Crippen molar-refractivity contribution in [2.24, 2.45) is 0 Å². The quantitative estimate of drug-likeness (QED) is 0.698. The average molecular weight is 282 g/mol. The van der Waals surface area contributed by atoms with Crippen molar-refractivity contribution >= 4 is 17.5 Å². The highest BCUT2D eigenvalue weighted by atomic mass is 35.5. The first-order valence-electron chi connectivity index (χ1n) is 7.17.